The molecule has 1 heterocycles. The second-order valence-electron chi connectivity index (χ2n) is 5.65. The number of hydrogen-bond donors (Lipinski definition) is 1. The molecular formula is C16H23ClN2S. The monoisotopic (exact) mass is 310 g/mol. The standard InChI is InChI=1S/C16H23ClN2S/c1-12(2)7-5-3-4-6-10-18-16-19-14-11-13(17)8-9-15(14)20-16/h8-9,11-12H,3-7,10H2,1-2H3,(H,18,19). The summed E-state index contributed by atoms with van der Waals surface area (Å²) in [4.78, 5) is 4.55. The molecule has 0 fully saturated rings. The molecule has 0 saturated heterocycles. The Kier molecular flexibility index (Phi) is 6.11. The van der Waals surface area contributed by atoms with E-state index in [1.165, 1.54) is 36.8 Å². The van der Waals surface area contributed by atoms with Crippen LogP contribution in [0.25, 0.3) is 10.2 Å². The number of nitrogens with one attached hydrogen (secondary N) is 1. The molecule has 0 aliphatic carbocycles. The topological polar surface area (TPSA) is 24.9 Å². The van der Waals surface area contributed by atoms with Crippen LogP contribution in [0.1, 0.15) is 46.0 Å². The first-order valence-corrected chi connectivity index (χ1v) is 8.64. The zero-order valence-corrected chi connectivity index (χ0v) is 13.9. The fraction of sp³-hybridized carbons (Fsp3) is 0.562. The summed E-state index contributed by atoms with van der Waals surface area (Å²) in [7, 11) is 0. The molecule has 110 valence electrons. The molecule has 1 aromatic carbocycles. The van der Waals surface area contributed by atoms with E-state index in [4.69, 9.17) is 11.6 Å². The van der Waals surface area contributed by atoms with Gasteiger partial charge < -0.3 is 5.32 Å². The van der Waals surface area contributed by atoms with Crippen molar-refractivity contribution in [1.29, 1.82) is 0 Å². The molecular weight excluding hydrogens is 288 g/mol. The number of benzene rings is 1. The average molecular weight is 311 g/mol. The minimum absolute atomic E-state index is 0.750. The van der Waals surface area contributed by atoms with Crippen molar-refractivity contribution in [3.05, 3.63) is 23.2 Å². The summed E-state index contributed by atoms with van der Waals surface area (Å²) in [5, 5.41) is 5.17. The van der Waals surface area contributed by atoms with Crippen molar-refractivity contribution in [2.45, 2.75) is 46.0 Å². The number of thiazole rings is 1. The molecule has 1 N–H and O–H groups in total. The predicted octanol–water partition coefficient (Wildman–Crippen LogP) is 5.97. The highest BCUT2D eigenvalue weighted by Gasteiger charge is 2.03. The highest BCUT2D eigenvalue weighted by molar-refractivity contribution is 7.22. The Morgan fingerprint density at radius 1 is 1.20 bits per heavy atom. The smallest absolute Gasteiger partial charge is 0.183 e. The molecule has 0 spiro atoms. The largest absolute Gasteiger partial charge is 0.361 e. The molecule has 0 atom stereocenters. The van der Waals surface area contributed by atoms with Crippen LogP contribution in [0.3, 0.4) is 0 Å². The quantitative estimate of drug-likeness (QED) is 0.608. The Morgan fingerprint density at radius 2 is 2.00 bits per heavy atom. The molecule has 0 aliphatic heterocycles. The Hall–Kier alpha value is -0.800. The maximum absolute atomic E-state index is 5.97. The van der Waals surface area contributed by atoms with Gasteiger partial charge in [-0.3, -0.25) is 0 Å². The van der Waals surface area contributed by atoms with Gasteiger partial charge >= 0.3 is 0 Å². The maximum atomic E-state index is 5.97. The van der Waals surface area contributed by atoms with Gasteiger partial charge in [0.2, 0.25) is 0 Å². The van der Waals surface area contributed by atoms with Crippen molar-refractivity contribution in [2.75, 3.05) is 11.9 Å². The Balaban J connectivity index is 1.68. The number of fused-ring (bicyclic) bond motifs is 1. The van der Waals surface area contributed by atoms with Gasteiger partial charge in [0.05, 0.1) is 10.2 Å². The second-order valence-corrected chi connectivity index (χ2v) is 7.12. The lowest BCUT2D eigenvalue weighted by molar-refractivity contribution is 0.523. The normalized spacial score (nSPS) is 11.4. The first kappa shape index (κ1) is 15.6. The van der Waals surface area contributed by atoms with Crippen molar-refractivity contribution in [3.8, 4) is 0 Å². The van der Waals surface area contributed by atoms with E-state index in [1.54, 1.807) is 11.3 Å². The number of nitrogens with zero attached hydrogens (tertiary/aromatic N) is 1. The van der Waals surface area contributed by atoms with Crippen molar-refractivity contribution in [3.63, 3.8) is 0 Å². The van der Waals surface area contributed by atoms with Crippen LogP contribution < -0.4 is 5.32 Å². The molecule has 0 radical (unpaired) electrons. The lowest BCUT2D eigenvalue weighted by Crippen LogP contribution is -2.00. The summed E-state index contributed by atoms with van der Waals surface area (Å²) in [6.45, 7) is 5.59. The molecule has 0 saturated carbocycles. The van der Waals surface area contributed by atoms with Crippen molar-refractivity contribution >= 4 is 38.3 Å². The molecule has 0 bridgehead atoms. The number of rotatable bonds is 8. The van der Waals surface area contributed by atoms with Crippen LogP contribution in [0.2, 0.25) is 5.02 Å². The number of aromatic nitrogens is 1. The van der Waals surface area contributed by atoms with Crippen LogP contribution in [0.4, 0.5) is 5.13 Å². The van der Waals surface area contributed by atoms with Gasteiger partial charge in [-0.15, -0.1) is 0 Å². The summed E-state index contributed by atoms with van der Waals surface area (Å²) in [6, 6.07) is 5.87. The molecule has 0 amide bonds. The molecule has 0 unspecified atom stereocenters. The summed E-state index contributed by atoms with van der Waals surface area (Å²) in [5.41, 5.74) is 0.988. The Bertz CT molecular complexity index is 536. The van der Waals surface area contributed by atoms with Crippen molar-refractivity contribution in [2.24, 2.45) is 5.92 Å². The first-order chi connectivity index (χ1) is 9.65. The molecule has 2 nitrogen and oxygen atoms in total. The Labute approximate surface area is 130 Å². The molecule has 20 heavy (non-hydrogen) atoms. The third-order valence-electron chi connectivity index (χ3n) is 3.33. The highest BCUT2D eigenvalue weighted by atomic mass is 35.5. The van der Waals surface area contributed by atoms with Gasteiger partial charge in [0.1, 0.15) is 0 Å². The minimum atomic E-state index is 0.750. The van der Waals surface area contributed by atoms with Crippen molar-refractivity contribution < 1.29 is 0 Å². The van der Waals surface area contributed by atoms with Crippen molar-refractivity contribution in [1.82, 2.24) is 4.98 Å². The number of hydrogen-bond acceptors (Lipinski definition) is 3. The summed E-state index contributed by atoms with van der Waals surface area (Å²) < 4.78 is 1.19. The molecule has 1 aromatic heterocycles. The third kappa shape index (κ3) is 4.95. The fourth-order valence-corrected chi connectivity index (χ4v) is 3.24. The predicted molar refractivity (Wildman–Crippen MR) is 91.0 cm³/mol. The number of unbranched alkanes of at least 4 members (excludes halogenated alkanes) is 3. The SMILES string of the molecule is CC(C)CCCCCCNc1nc2cc(Cl)ccc2s1. The van der Waals surface area contributed by atoms with Gasteiger partial charge in [-0.05, 0) is 30.5 Å². The van der Waals surface area contributed by atoms with Crippen LogP contribution in [0.5, 0.6) is 0 Å². The second kappa shape index (κ2) is 7.84. The van der Waals surface area contributed by atoms with Gasteiger partial charge in [-0.25, -0.2) is 4.98 Å². The fourth-order valence-electron chi connectivity index (χ4n) is 2.20. The molecule has 0 aliphatic rings. The van der Waals surface area contributed by atoms with E-state index in [-0.39, 0.29) is 0 Å². The Morgan fingerprint density at radius 3 is 2.80 bits per heavy atom. The lowest BCUT2D eigenvalue weighted by Gasteiger charge is -2.04. The van der Waals surface area contributed by atoms with Crippen LogP contribution in [-0.2, 0) is 0 Å². The first-order valence-electron chi connectivity index (χ1n) is 7.45. The van der Waals surface area contributed by atoms with E-state index in [0.29, 0.717) is 0 Å². The summed E-state index contributed by atoms with van der Waals surface area (Å²) in [6.07, 6.45) is 6.57. The maximum Gasteiger partial charge on any atom is 0.183 e. The van der Waals surface area contributed by atoms with E-state index in [0.717, 1.165) is 28.1 Å². The van der Waals surface area contributed by atoms with Crippen LogP contribution >= 0.6 is 22.9 Å². The van der Waals surface area contributed by atoms with Crippen LogP contribution in [0, 0.1) is 5.92 Å². The average Bonchev–Trinajstić information content (AvgIpc) is 2.79. The van der Waals surface area contributed by atoms with E-state index in [1.807, 2.05) is 18.2 Å². The zero-order chi connectivity index (χ0) is 14.4. The number of anilines is 1. The van der Waals surface area contributed by atoms with Gasteiger partial charge in [0, 0.05) is 11.6 Å². The van der Waals surface area contributed by atoms with Gasteiger partial charge in [-0.2, -0.15) is 0 Å². The van der Waals surface area contributed by atoms with Gasteiger partial charge in [0.25, 0.3) is 0 Å². The summed E-state index contributed by atoms with van der Waals surface area (Å²) in [5.74, 6) is 0.836. The molecule has 2 aromatic rings. The zero-order valence-electron chi connectivity index (χ0n) is 12.3. The van der Waals surface area contributed by atoms with Gasteiger partial charge in [-0.1, -0.05) is 62.5 Å². The minimum Gasteiger partial charge on any atom is -0.361 e. The van der Waals surface area contributed by atoms with Crippen LogP contribution in [0.15, 0.2) is 18.2 Å². The lowest BCUT2D eigenvalue weighted by atomic mass is 10.0. The van der Waals surface area contributed by atoms with Gasteiger partial charge in [0.15, 0.2) is 5.13 Å². The highest BCUT2D eigenvalue weighted by Crippen LogP contribution is 2.27. The van der Waals surface area contributed by atoms with E-state index in [2.05, 4.69) is 24.1 Å². The van der Waals surface area contributed by atoms with E-state index in [9.17, 15) is 0 Å². The molecule has 2 rings (SSSR count). The van der Waals surface area contributed by atoms with E-state index >= 15 is 0 Å². The van der Waals surface area contributed by atoms with E-state index < -0.39 is 0 Å². The summed E-state index contributed by atoms with van der Waals surface area (Å²) >= 11 is 7.67. The number of halogens is 1. The molecule has 4 heteroatoms. The third-order valence-corrected chi connectivity index (χ3v) is 4.56. The van der Waals surface area contributed by atoms with Crippen LogP contribution in [-0.4, -0.2) is 11.5 Å².